The van der Waals surface area contributed by atoms with Gasteiger partial charge in [-0.05, 0) is 56.3 Å². The van der Waals surface area contributed by atoms with E-state index in [1.165, 1.54) is 31.3 Å². The normalized spacial score (nSPS) is 36.4. The average Bonchev–Trinajstić information content (AvgIpc) is 2.17. The van der Waals surface area contributed by atoms with Gasteiger partial charge in [0, 0.05) is 0 Å². The van der Waals surface area contributed by atoms with Gasteiger partial charge in [-0.25, -0.2) is 0 Å². The summed E-state index contributed by atoms with van der Waals surface area (Å²) in [5, 5.41) is 0. The highest BCUT2D eigenvalue weighted by atomic mass is 14.4. The van der Waals surface area contributed by atoms with Crippen LogP contribution < -0.4 is 0 Å². The van der Waals surface area contributed by atoms with Crippen molar-refractivity contribution in [1.82, 2.24) is 0 Å². The fourth-order valence-corrected chi connectivity index (χ4v) is 3.51. The SMILES string of the molecule is C=C1CC[C@H](C(C)C)[C@@H]2C=C(C)CC[C@H]12. The van der Waals surface area contributed by atoms with E-state index in [1.807, 2.05) is 0 Å². The van der Waals surface area contributed by atoms with Crippen molar-refractivity contribution in [2.45, 2.75) is 46.5 Å². The fourth-order valence-electron chi connectivity index (χ4n) is 3.51. The molecule has 0 aromatic heterocycles. The van der Waals surface area contributed by atoms with Crippen molar-refractivity contribution in [3.05, 3.63) is 23.8 Å². The first-order valence-electron chi connectivity index (χ1n) is 6.44. The molecule has 0 bridgehead atoms. The van der Waals surface area contributed by atoms with Gasteiger partial charge < -0.3 is 0 Å². The maximum absolute atomic E-state index is 4.29. The lowest BCUT2D eigenvalue weighted by Gasteiger charge is -2.43. The first-order valence-corrected chi connectivity index (χ1v) is 6.44. The topological polar surface area (TPSA) is 0 Å². The van der Waals surface area contributed by atoms with Gasteiger partial charge >= 0.3 is 0 Å². The summed E-state index contributed by atoms with van der Waals surface area (Å²) in [6.45, 7) is 11.3. The number of hydrogen-bond donors (Lipinski definition) is 0. The number of hydrogen-bond acceptors (Lipinski definition) is 0. The number of allylic oxidation sites excluding steroid dienone is 3. The Bertz CT molecular complexity index is 282. The van der Waals surface area contributed by atoms with E-state index in [-0.39, 0.29) is 0 Å². The molecule has 0 spiro atoms. The molecular weight excluding hydrogens is 180 g/mol. The zero-order valence-electron chi connectivity index (χ0n) is 10.4. The summed E-state index contributed by atoms with van der Waals surface area (Å²) in [7, 11) is 0. The van der Waals surface area contributed by atoms with Crippen LogP contribution in [0.25, 0.3) is 0 Å². The third kappa shape index (κ3) is 2.04. The predicted octanol–water partition coefficient (Wildman–Crippen LogP) is 4.58. The quantitative estimate of drug-likeness (QED) is 0.548. The van der Waals surface area contributed by atoms with Gasteiger partial charge in [-0.2, -0.15) is 0 Å². The Morgan fingerprint density at radius 1 is 1.27 bits per heavy atom. The second-order valence-electron chi connectivity index (χ2n) is 5.84. The summed E-state index contributed by atoms with van der Waals surface area (Å²) in [6.07, 6.45) is 7.85. The van der Waals surface area contributed by atoms with E-state index in [4.69, 9.17) is 0 Å². The molecule has 1 saturated carbocycles. The molecule has 1 fully saturated rings. The third-order valence-corrected chi connectivity index (χ3v) is 4.47. The van der Waals surface area contributed by atoms with Crippen LogP contribution in [0.3, 0.4) is 0 Å². The van der Waals surface area contributed by atoms with Crippen molar-refractivity contribution in [2.75, 3.05) is 0 Å². The van der Waals surface area contributed by atoms with E-state index >= 15 is 0 Å². The summed E-state index contributed by atoms with van der Waals surface area (Å²) in [5.41, 5.74) is 3.14. The summed E-state index contributed by atoms with van der Waals surface area (Å²) in [6, 6.07) is 0. The maximum Gasteiger partial charge on any atom is -0.0134 e. The molecule has 0 aromatic rings. The molecule has 0 radical (unpaired) electrons. The summed E-state index contributed by atoms with van der Waals surface area (Å²) in [4.78, 5) is 0. The van der Waals surface area contributed by atoms with Crippen LogP contribution in [0.15, 0.2) is 23.8 Å². The van der Waals surface area contributed by atoms with Gasteiger partial charge in [0.05, 0.1) is 0 Å². The van der Waals surface area contributed by atoms with Crippen molar-refractivity contribution < 1.29 is 0 Å². The second kappa shape index (κ2) is 4.15. The van der Waals surface area contributed by atoms with Crippen molar-refractivity contribution in [3.8, 4) is 0 Å². The summed E-state index contributed by atoms with van der Waals surface area (Å²) < 4.78 is 0. The van der Waals surface area contributed by atoms with Crippen molar-refractivity contribution in [2.24, 2.45) is 23.7 Å². The van der Waals surface area contributed by atoms with Crippen LogP contribution in [-0.4, -0.2) is 0 Å². The minimum absolute atomic E-state index is 0.801. The summed E-state index contributed by atoms with van der Waals surface area (Å²) >= 11 is 0. The highest BCUT2D eigenvalue weighted by Gasteiger charge is 2.36. The Labute approximate surface area is 94.5 Å². The molecule has 0 nitrogen and oxygen atoms in total. The molecule has 0 amide bonds. The molecule has 84 valence electrons. The van der Waals surface area contributed by atoms with Gasteiger partial charge in [-0.15, -0.1) is 0 Å². The molecule has 0 saturated heterocycles. The molecule has 15 heavy (non-hydrogen) atoms. The van der Waals surface area contributed by atoms with Gasteiger partial charge in [-0.3, -0.25) is 0 Å². The molecule has 0 aromatic carbocycles. The Kier molecular flexibility index (Phi) is 3.04. The summed E-state index contributed by atoms with van der Waals surface area (Å²) in [5.74, 6) is 3.33. The fraction of sp³-hybridized carbons (Fsp3) is 0.733. The first-order chi connectivity index (χ1) is 7.09. The number of fused-ring (bicyclic) bond motifs is 1. The minimum Gasteiger partial charge on any atom is -0.0996 e. The molecule has 2 aliphatic carbocycles. The molecule has 0 heterocycles. The van der Waals surface area contributed by atoms with E-state index in [0.717, 1.165) is 23.7 Å². The van der Waals surface area contributed by atoms with E-state index < -0.39 is 0 Å². The smallest absolute Gasteiger partial charge is 0.0134 e. The molecular formula is C15H24. The minimum atomic E-state index is 0.801. The van der Waals surface area contributed by atoms with Crippen LogP contribution in [-0.2, 0) is 0 Å². The molecule has 3 atom stereocenters. The third-order valence-electron chi connectivity index (χ3n) is 4.47. The molecule has 0 N–H and O–H groups in total. The van der Waals surface area contributed by atoms with E-state index in [9.17, 15) is 0 Å². The zero-order chi connectivity index (χ0) is 11.0. The standard InChI is InChI=1S/C15H24/c1-10(2)13-8-6-12(4)14-7-5-11(3)9-15(13)14/h9-10,13-15H,4-8H2,1-3H3/t13-,14-,15+/m1/s1. The monoisotopic (exact) mass is 204 g/mol. The van der Waals surface area contributed by atoms with E-state index in [0.29, 0.717) is 0 Å². The Morgan fingerprint density at radius 3 is 2.67 bits per heavy atom. The molecule has 0 unspecified atom stereocenters. The Morgan fingerprint density at radius 2 is 2.00 bits per heavy atom. The maximum atomic E-state index is 4.29. The van der Waals surface area contributed by atoms with Crippen molar-refractivity contribution in [3.63, 3.8) is 0 Å². The lowest BCUT2D eigenvalue weighted by molar-refractivity contribution is 0.179. The van der Waals surface area contributed by atoms with Crippen molar-refractivity contribution in [1.29, 1.82) is 0 Å². The molecule has 0 aliphatic heterocycles. The van der Waals surface area contributed by atoms with Crippen LogP contribution in [0.2, 0.25) is 0 Å². The Balaban J connectivity index is 2.24. The van der Waals surface area contributed by atoms with Crippen LogP contribution in [0.4, 0.5) is 0 Å². The van der Waals surface area contributed by atoms with Gasteiger partial charge in [-0.1, -0.05) is 37.6 Å². The lowest BCUT2D eigenvalue weighted by Crippen LogP contribution is -2.33. The highest BCUT2D eigenvalue weighted by molar-refractivity contribution is 5.19. The van der Waals surface area contributed by atoms with Crippen LogP contribution in [0.5, 0.6) is 0 Å². The Hall–Kier alpha value is -0.520. The van der Waals surface area contributed by atoms with Crippen molar-refractivity contribution >= 4 is 0 Å². The molecule has 2 aliphatic rings. The van der Waals surface area contributed by atoms with E-state index in [1.54, 1.807) is 5.57 Å². The molecule has 2 rings (SSSR count). The van der Waals surface area contributed by atoms with Gasteiger partial charge in [0.2, 0.25) is 0 Å². The predicted molar refractivity (Wildman–Crippen MR) is 66.7 cm³/mol. The molecule has 0 heteroatoms. The second-order valence-corrected chi connectivity index (χ2v) is 5.84. The first kappa shape index (κ1) is 11.0. The van der Waals surface area contributed by atoms with Crippen LogP contribution in [0.1, 0.15) is 46.5 Å². The average molecular weight is 204 g/mol. The highest BCUT2D eigenvalue weighted by Crippen LogP contribution is 2.47. The van der Waals surface area contributed by atoms with Gasteiger partial charge in [0.1, 0.15) is 0 Å². The van der Waals surface area contributed by atoms with Gasteiger partial charge in [0.25, 0.3) is 0 Å². The van der Waals surface area contributed by atoms with E-state index in [2.05, 4.69) is 33.4 Å². The van der Waals surface area contributed by atoms with Crippen LogP contribution >= 0.6 is 0 Å². The lowest BCUT2D eigenvalue weighted by atomic mass is 9.62. The van der Waals surface area contributed by atoms with Crippen LogP contribution in [0, 0.1) is 23.7 Å². The number of rotatable bonds is 1. The van der Waals surface area contributed by atoms with Gasteiger partial charge in [0.15, 0.2) is 0 Å². The zero-order valence-corrected chi connectivity index (χ0v) is 10.4. The largest absolute Gasteiger partial charge is 0.0996 e.